The Hall–Kier alpha value is -2.28. The molecule has 98 valence electrons. The maximum atomic E-state index is 9.10. The van der Waals surface area contributed by atoms with Crippen molar-refractivity contribution >= 4 is 0 Å². The summed E-state index contributed by atoms with van der Waals surface area (Å²) in [5.74, 6) is 0.843. The van der Waals surface area contributed by atoms with Crippen molar-refractivity contribution in [3.63, 3.8) is 0 Å². The third-order valence-electron chi connectivity index (χ3n) is 3.14. The lowest BCUT2D eigenvalue weighted by Crippen LogP contribution is -2.12. The number of nitrogens with zero attached hydrogens (tertiary/aromatic N) is 3. The average Bonchev–Trinajstić information content (AvgIpc) is 2.89. The molecular formula is C15H17N3O. The Morgan fingerprint density at radius 3 is 2.58 bits per heavy atom. The molecule has 0 aliphatic carbocycles. The minimum atomic E-state index is -0.502. The predicted octanol–water partition coefficient (Wildman–Crippen LogP) is 2.74. The minimum absolute atomic E-state index is 0.502. The number of benzene rings is 1. The summed E-state index contributed by atoms with van der Waals surface area (Å²) < 4.78 is 6.97. The fourth-order valence-electron chi connectivity index (χ4n) is 1.76. The van der Waals surface area contributed by atoms with Crippen LogP contribution < -0.4 is 4.74 Å². The predicted molar refractivity (Wildman–Crippen MR) is 73.0 cm³/mol. The molecule has 0 aliphatic rings. The monoisotopic (exact) mass is 255 g/mol. The van der Waals surface area contributed by atoms with E-state index in [1.807, 2.05) is 49.0 Å². The summed E-state index contributed by atoms with van der Waals surface area (Å²) in [7, 11) is 1.65. The van der Waals surface area contributed by atoms with Gasteiger partial charge in [0.2, 0.25) is 0 Å². The van der Waals surface area contributed by atoms with E-state index in [0.29, 0.717) is 6.54 Å². The van der Waals surface area contributed by atoms with Gasteiger partial charge in [-0.25, -0.2) is 0 Å². The van der Waals surface area contributed by atoms with Gasteiger partial charge in [-0.3, -0.25) is 4.68 Å². The average molecular weight is 255 g/mol. The van der Waals surface area contributed by atoms with Gasteiger partial charge < -0.3 is 4.74 Å². The molecule has 0 spiro atoms. The third kappa shape index (κ3) is 2.94. The number of ether oxygens (including phenoxy) is 1. The number of hydrogen-bond donors (Lipinski definition) is 0. The van der Waals surface area contributed by atoms with Gasteiger partial charge >= 0.3 is 0 Å². The Balaban J connectivity index is 2.14. The van der Waals surface area contributed by atoms with Crippen LogP contribution in [0, 0.1) is 11.3 Å². The van der Waals surface area contributed by atoms with Crippen LogP contribution in [0.3, 0.4) is 0 Å². The number of hydrogen-bond acceptors (Lipinski definition) is 3. The van der Waals surface area contributed by atoms with E-state index in [2.05, 4.69) is 11.2 Å². The Labute approximate surface area is 113 Å². The van der Waals surface area contributed by atoms with Gasteiger partial charge in [0.15, 0.2) is 0 Å². The first-order chi connectivity index (χ1) is 9.05. The third-order valence-corrected chi connectivity index (χ3v) is 3.14. The second-order valence-corrected chi connectivity index (χ2v) is 5.01. The number of nitriles is 1. The molecule has 1 aromatic heterocycles. The minimum Gasteiger partial charge on any atom is -0.497 e. The molecule has 0 bridgehead atoms. The summed E-state index contributed by atoms with van der Waals surface area (Å²) in [5.41, 5.74) is 1.58. The second kappa shape index (κ2) is 5.15. The fourth-order valence-corrected chi connectivity index (χ4v) is 1.76. The fraction of sp³-hybridized carbons (Fsp3) is 0.333. The Morgan fingerprint density at radius 2 is 2.00 bits per heavy atom. The molecule has 0 aliphatic heterocycles. The standard InChI is InChI=1S/C15H17N3O/c1-15(2,11-16)13-8-17-18(10-13)9-12-4-6-14(19-3)7-5-12/h4-8,10H,9H2,1-3H3. The van der Waals surface area contributed by atoms with Gasteiger partial charge in [-0.05, 0) is 31.5 Å². The largest absolute Gasteiger partial charge is 0.497 e. The van der Waals surface area contributed by atoms with Crippen molar-refractivity contribution < 1.29 is 4.74 Å². The van der Waals surface area contributed by atoms with E-state index in [9.17, 15) is 0 Å². The Kier molecular flexibility index (Phi) is 3.57. The highest BCUT2D eigenvalue weighted by Crippen LogP contribution is 2.21. The highest BCUT2D eigenvalue weighted by molar-refractivity contribution is 5.28. The molecule has 0 amide bonds. The normalized spacial score (nSPS) is 11.1. The van der Waals surface area contributed by atoms with Crippen molar-refractivity contribution in [3.8, 4) is 11.8 Å². The van der Waals surface area contributed by atoms with Crippen LogP contribution in [0.15, 0.2) is 36.7 Å². The van der Waals surface area contributed by atoms with Gasteiger partial charge in [-0.2, -0.15) is 10.4 Å². The zero-order chi connectivity index (χ0) is 13.9. The molecule has 0 radical (unpaired) electrons. The molecule has 0 saturated carbocycles. The van der Waals surface area contributed by atoms with E-state index >= 15 is 0 Å². The highest BCUT2D eigenvalue weighted by atomic mass is 16.5. The van der Waals surface area contributed by atoms with Crippen LogP contribution >= 0.6 is 0 Å². The first kappa shape index (κ1) is 13.2. The van der Waals surface area contributed by atoms with Gasteiger partial charge in [0, 0.05) is 11.8 Å². The molecule has 1 heterocycles. The number of rotatable bonds is 4. The van der Waals surface area contributed by atoms with Crippen LogP contribution in [-0.2, 0) is 12.0 Å². The van der Waals surface area contributed by atoms with Crippen molar-refractivity contribution in [2.75, 3.05) is 7.11 Å². The van der Waals surface area contributed by atoms with Gasteiger partial charge in [-0.1, -0.05) is 12.1 Å². The van der Waals surface area contributed by atoms with Gasteiger partial charge in [-0.15, -0.1) is 0 Å². The molecule has 0 atom stereocenters. The first-order valence-electron chi connectivity index (χ1n) is 6.12. The van der Waals surface area contributed by atoms with Crippen LogP contribution in [0.4, 0.5) is 0 Å². The molecule has 4 heteroatoms. The molecule has 1 aromatic carbocycles. The quantitative estimate of drug-likeness (QED) is 0.844. The topological polar surface area (TPSA) is 50.8 Å². The molecule has 2 aromatic rings. The smallest absolute Gasteiger partial charge is 0.118 e. The molecule has 0 saturated heterocycles. The molecular weight excluding hydrogens is 238 g/mol. The molecule has 0 N–H and O–H groups in total. The lowest BCUT2D eigenvalue weighted by Gasteiger charge is -2.11. The first-order valence-corrected chi connectivity index (χ1v) is 6.12. The summed E-state index contributed by atoms with van der Waals surface area (Å²) in [4.78, 5) is 0. The van der Waals surface area contributed by atoms with E-state index in [-0.39, 0.29) is 0 Å². The molecule has 0 fully saturated rings. The zero-order valence-corrected chi connectivity index (χ0v) is 11.4. The maximum Gasteiger partial charge on any atom is 0.118 e. The lowest BCUT2D eigenvalue weighted by atomic mass is 9.89. The van der Waals surface area contributed by atoms with Gasteiger partial charge in [0.05, 0.1) is 31.3 Å². The second-order valence-electron chi connectivity index (χ2n) is 5.01. The van der Waals surface area contributed by atoms with Gasteiger partial charge in [0.25, 0.3) is 0 Å². The van der Waals surface area contributed by atoms with Crippen LogP contribution in [0.2, 0.25) is 0 Å². The van der Waals surface area contributed by atoms with Crippen molar-refractivity contribution in [2.24, 2.45) is 0 Å². The van der Waals surface area contributed by atoms with Crippen molar-refractivity contribution in [3.05, 3.63) is 47.8 Å². The molecule has 4 nitrogen and oxygen atoms in total. The maximum absolute atomic E-state index is 9.10. The summed E-state index contributed by atoms with van der Waals surface area (Å²) in [6.07, 6.45) is 3.68. The SMILES string of the molecule is COc1ccc(Cn2cc(C(C)(C)C#N)cn2)cc1. The molecule has 0 unspecified atom stereocenters. The zero-order valence-electron chi connectivity index (χ0n) is 11.4. The van der Waals surface area contributed by atoms with Gasteiger partial charge in [0.1, 0.15) is 5.75 Å². The van der Waals surface area contributed by atoms with E-state index in [1.165, 1.54) is 0 Å². The molecule has 2 rings (SSSR count). The summed E-state index contributed by atoms with van der Waals surface area (Å²) in [6, 6.07) is 10.2. The molecule has 19 heavy (non-hydrogen) atoms. The lowest BCUT2D eigenvalue weighted by molar-refractivity contribution is 0.414. The highest BCUT2D eigenvalue weighted by Gasteiger charge is 2.21. The summed E-state index contributed by atoms with van der Waals surface area (Å²) in [6.45, 7) is 4.47. The van der Waals surface area contributed by atoms with E-state index in [1.54, 1.807) is 13.3 Å². The van der Waals surface area contributed by atoms with Crippen molar-refractivity contribution in [2.45, 2.75) is 25.8 Å². The summed E-state index contributed by atoms with van der Waals surface area (Å²) >= 11 is 0. The van der Waals surface area contributed by atoms with Crippen LogP contribution in [-0.4, -0.2) is 16.9 Å². The Morgan fingerprint density at radius 1 is 1.32 bits per heavy atom. The van der Waals surface area contributed by atoms with E-state index in [0.717, 1.165) is 16.9 Å². The van der Waals surface area contributed by atoms with Crippen LogP contribution in [0.5, 0.6) is 5.75 Å². The summed E-state index contributed by atoms with van der Waals surface area (Å²) in [5, 5.41) is 13.4. The van der Waals surface area contributed by atoms with Crippen LogP contribution in [0.25, 0.3) is 0 Å². The van der Waals surface area contributed by atoms with Crippen LogP contribution in [0.1, 0.15) is 25.0 Å². The van der Waals surface area contributed by atoms with E-state index < -0.39 is 5.41 Å². The van der Waals surface area contributed by atoms with Crippen molar-refractivity contribution in [1.29, 1.82) is 5.26 Å². The van der Waals surface area contributed by atoms with Crippen molar-refractivity contribution in [1.82, 2.24) is 9.78 Å². The number of methoxy groups -OCH3 is 1. The van der Waals surface area contributed by atoms with E-state index in [4.69, 9.17) is 10.00 Å². The Bertz CT molecular complexity index is 591. The number of aromatic nitrogens is 2.